The van der Waals surface area contributed by atoms with Crippen LogP contribution in [0.4, 0.5) is 0 Å². The number of hydrogen-bond donors (Lipinski definition) is 1. The van der Waals surface area contributed by atoms with Gasteiger partial charge in [0.2, 0.25) is 5.91 Å². The molecule has 0 aromatic carbocycles. The fraction of sp³-hybridized carbons (Fsp3) is 0.667. The summed E-state index contributed by atoms with van der Waals surface area (Å²) in [4.78, 5) is 15.5. The van der Waals surface area contributed by atoms with E-state index in [2.05, 4.69) is 11.4 Å². The molecule has 1 fully saturated rings. The van der Waals surface area contributed by atoms with Crippen LogP contribution in [0.2, 0.25) is 0 Å². The second-order valence-electron chi connectivity index (χ2n) is 5.77. The highest BCUT2D eigenvalue weighted by Crippen LogP contribution is 2.38. The summed E-state index contributed by atoms with van der Waals surface area (Å²) < 4.78 is 0. The zero-order valence-electron chi connectivity index (χ0n) is 12.1. The van der Waals surface area contributed by atoms with Crippen LogP contribution >= 0.6 is 23.7 Å². The summed E-state index contributed by atoms with van der Waals surface area (Å²) in [5.74, 6) is 0.237. The van der Waals surface area contributed by atoms with E-state index in [1.54, 1.807) is 11.3 Å². The van der Waals surface area contributed by atoms with E-state index >= 15 is 0 Å². The summed E-state index contributed by atoms with van der Waals surface area (Å²) in [6.45, 7) is 1.36. The van der Waals surface area contributed by atoms with E-state index in [1.807, 2.05) is 18.0 Å². The predicted molar refractivity (Wildman–Crippen MR) is 87.2 cm³/mol. The van der Waals surface area contributed by atoms with Crippen molar-refractivity contribution in [3.05, 3.63) is 22.4 Å². The molecule has 1 aliphatic rings. The SMILES string of the molecule is CN(Cc1cccs1)C(=O)CC1(CN)CCCCC1.Cl. The van der Waals surface area contributed by atoms with E-state index in [9.17, 15) is 4.79 Å². The van der Waals surface area contributed by atoms with E-state index in [0.717, 1.165) is 19.4 Å². The maximum absolute atomic E-state index is 12.4. The molecule has 0 aliphatic heterocycles. The van der Waals surface area contributed by atoms with Gasteiger partial charge in [0.15, 0.2) is 0 Å². The molecule has 20 heavy (non-hydrogen) atoms. The minimum absolute atomic E-state index is 0. The topological polar surface area (TPSA) is 46.3 Å². The van der Waals surface area contributed by atoms with Crippen LogP contribution in [0, 0.1) is 5.41 Å². The predicted octanol–water partition coefficient (Wildman–Crippen LogP) is 3.43. The average molecular weight is 317 g/mol. The molecule has 3 nitrogen and oxygen atoms in total. The average Bonchev–Trinajstić information content (AvgIpc) is 2.92. The van der Waals surface area contributed by atoms with Crippen molar-refractivity contribution in [1.29, 1.82) is 0 Å². The largest absolute Gasteiger partial charge is 0.341 e. The maximum Gasteiger partial charge on any atom is 0.223 e. The molecule has 0 spiro atoms. The van der Waals surface area contributed by atoms with Crippen LogP contribution in [0.5, 0.6) is 0 Å². The lowest BCUT2D eigenvalue weighted by Gasteiger charge is -2.36. The van der Waals surface area contributed by atoms with Gasteiger partial charge in [0.05, 0.1) is 6.54 Å². The van der Waals surface area contributed by atoms with Gasteiger partial charge in [0.25, 0.3) is 0 Å². The van der Waals surface area contributed by atoms with Crippen molar-refractivity contribution in [1.82, 2.24) is 4.90 Å². The Morgan fingerprint density at radius 1 is 1.40 bits per heavy atom. The van der Waals surface area contributed by atoms with Crippen molar-refractivity contribution in [2.75, 3.05) is 13.6 Å². The molecule has 0 bridgehead atoms. The highest BCUT2D eigenvalue weighted by molar-refractivity contribution is 7.09. The summed E-state index contributed by atoms with van der Waals surface area (Å²) in [6, 6.07) is 4.11. The van der Waals surface area contributed by atoms with Crippen molar-refractivity contribution in [3.63, 3.8) is 0 Å². The number of nitrogens with two attached hydrogens (primary N) is 1. The van der Waals surface area contributed by atoms with Gasteiger partial charge in [-0.25, -0.2) is 0 Å². The normalized spacial score (nSPS) is 17.3. The molecule has 0 saturated heterocycles. The summed E-state index contributed by atoms with van der Waals surface area (Å²) in [6.07, 6.45) is 6.58. The van der Waals surface area contributed by atoms with Gasteiger partial charge >= 0.3 is 0 Å². The molecule has 114 valence electrons. The van der Waals surface area contributed by atoms with Gasteiger partial charge in [-0.15, -0.1) is 23.7 Å². The summed E-state index contributed by atoms with van der Waals surface area (Å²) in [5, 5.41) is 2.05. The Bertz CT molecular complexity index is 402. The van der Waals surface area contributed by atoms with Gasteiger partial charge < -0.3 is 10.6 Å². The molecule has 2 rings (SSSR count). The van der Waals surface area contributed by atoms with Crippen molar-refractivity contribution in [3.8, 4) is 0 Å². The monoisotopic (exact) mass is 316 g/mol. The van der Waals surface area contributed by atoms with Gasteiger partial charge in [0, 0.05) is 18.3 Å². The molecular formula is C15H25ClN2OS. The smallest absolute Gasteiger partial charge is 0.223 e. The molecule has 0 radical (unpaired) electrons. The molecule has 2 N–H and O–H groups in total. The first kappa shape index (κ1) is 17.5. The van der Waals surface area contributed by atoms with E-state index in [-0.39, 0.29) is 23.7 Å². The molecule has 1 heterocycles. The van der Waals surface area contributed by atoms with Crippen molar-refractivity contribution in [2.24, 2.45) is 11.1 Å². The Labute approximate surface area is 131 Å². The molecule has 1 aliphatic carbocycles. The minimum Gasteiger partial charge on any atom is -0.341 e. The standard InChI is InChI=1S/C15H24N2OS.ClH/c1-17(11-13-6-5-9-19-13)14(18)10-15(12-16)7-3-2-4-8-15;/h5-6,9H,2-4,7-8,10-12,16H2,1H3;1H. The van der Waals surface area contributed by atoms with Crippen molar-refractivity contribution in [2.45, 2.75) is 45.1 Å². The lowest BCUT2D eigenvalue weighted by atomic mass is 9.71. The Kier molecular flexibility index (Phi) is 7.00. The molecule has 0 unspecified atom stereocenters. The number of carbonyl (C=O) groups is 1. The first-order chi connectivity index (χ1) is 9.15. The van der Waals surface area contributed by atoms with Crippen molar-refractivity contribution < 1.29 is 4.79 Å². The lowest BCUT2D eigenvalue weighted by molar-refractivity contribution is -0.133. The first-order valence-electron chi connectivity index (χ1n) is 7.12. The Morgan fingerprint density at radius 2 is 2.10 bits per heavy atom. The summed E-state index contributed by atoms with van der Waals surface area (Å²) in [7, 11) is 1.90. The molecule has 5 heteroatoms. The molecule has 1 aromatic rings. The molecule has 1 saturated carbocycles. The van der Waals surface area contributed by atoms with Gasteiger partial charge in [-0.05, 0) is 36.2 Å². The number of thiophene rings is 1. The number of rotatable bonds is 5. The third-order valence-electron chi connectivity index (χ3n) is 4.27. The molecular weight excluding hydrogens is 292 g/mol. The Hall–Kier alpha value is -0.580. The van der Waals surface area contributed by atoms with E-state index < -0.39 is 0 Å². The van der Waals surface area contributed by atoms with Crippen LogP contribution in [0.15, 0.2) is 17.5 Å². The highest BCUT2D eigenvalue weighted by Gasteiger charge is 2.33. The first-order valence-corrected chi connectivity index (χ1v) is 8.00. The second-order valence-corrected chi connectivity index (χ2v) is 6.80. The number of amides is 1. The van der Waals surface area contributed by atoms with E-state index in [1.165, 1.54) is 24.1 Å². The van der Waals surface area contributed by atoms with Crippen LogP contribution in [0.3, 0.4) is 0 Å². The van der Waals surface area contributed by atoms with Crippen LogP contribution in [0.25, 0.3) is 0 Å². The molecule has 1 amide bonds. The Balaban J connectivity index is 0.00000200. The van der Waals surface area contributed by atoms with Crippen LogP contribution in [0.1, 0.15) is 43.4 Å². The quantitative estimate of drug-likeness (QED) is 0.904. The number of hydrogen-bond acceptors (Lipinski definition) is 3. The zero-order valence-corrected chi connectivity index (χ0v) is 13.8. The van der Waals surface area contributed by atoms with E-state index in [0.29, 0.717) is 13.0 Å². The summed E-state index contributed by atoms with van der Waals surface area (Å²) in [5.41, 5.74) is 6.02. The van der Waals surface area contributed by atoms with Gasteiger partial charge in [-0.2, -0.15) is 0 Å². The van der Waals surface area contributed by atoms with Crippen LogP contribution in [-0.2, 0) is 11.3 Å². The molecule has 1 aromatic heterocycles. The fourth-order valence-electron chi connectivity index (χ4n) is 2.94. The van der Waals surface area contributed by atoms with E-state index in [4.69, 9.17) is 5.73 Å². The molecule has 0 atom stereocenters. The number of carbonyl (C=O) groups excluding carboxylic acids is 1. The lowest BCUT2D eigenvalue weighted by Crippen LogP contribution is -2.39. The van der Waals surface area contributed by atoms with Crippen LogP contribution < -0.4 is 5.73 Å². The Morgan fingerprint density at radius 3 is 2.65 bits per heavy atom. The highest BCUT2D eigenvalue weighted by atomic mass is 35.5. The van der Waals surface area contributed by atoms with Crippen LogP contribution in [-0.4, -0.2) is 24.4 Å². The number of nitrogens with zero attached hydrogens (tertiary/aromatic N) is 1. The zero-order chi connectivity index (χ0) is 13.7. The maximum atomic E-state index is 12.4. The van der Waals surface area contributed by atoms with Gasteiger partial charge in [-0.1, -0.05) is 25.3 Å². The minimum atomic E-state index is 0. The third-order valence-corrected chi connectivity index (χ3v) is 5.13. The van der Waals surface area contributed by atoms with Gasteiger partial charge in [0.1, 0.15) is 0 Å². The fourth-order valence-corrected chi connectivity index (χ4v) is 3.69. The second kappa shape index (κ2) is 8.01. The summed E-state index contributed by atoms with van der Waals surface area (Å²) >= 11 is 1.70. The number of halogens is 1. The van der Waals surface area contributed by atoms with Gasteiger partial charge in [-0.3, -0.25) is 4.79 Å². The third kappa shape index (κ3) is 4.47. The van der Waals surface area contributed by atoms with Crippen molar-refractivity contribution >= 4 is 29.7 Å².